The maximum Gasteiger partial charge on any atom is 0.466 e. The molecule has 0 aliphatic carbocycles. The van der Waals surface area contributed by atoms with E-state index in [-0.39, 0.29) is 18.2 Å². The lowest BCUT2D eigenvalue weighted by molar-refractivity contribution is -0.140. The van der Waals surface area contributed by atoms with Crippen molar-refractivity contribution >= 4 is 35.6 Å². The fourth-order valence-electron chi connectivity index (χ4n) is 3.10. The third kappa shape index (κ3) is 3.31. The van der Waals surface area contributed by atoms with E-state index in [0.29, 0.717) is 5.02 Å². The highest BCUT2D eigenvalue weighted by molar-refractivity contribution is 6.48. The summed E-state index contributed by atoms with van der Waals surface area (Å²) in [5.41, 5.74) is 0.924. The van der Waals surface area contributed by atoms with Gasteiger partial charge in [0.2, 0.25) is 0 Å². The van der Waals surface area contributed by atoms with Crippen LogP contribution >= 0.6 is 11.6 Å². The number of aromatic amines is 1. The van der Waals surface area contributed by atoms with Gasteiger partial charge in [-0.1, -0.05) is 17.7 Å². The minimum absolute atomic E-state index is 0.170. The number of carbonyl (C=O) groups is 1. The third-order valence-corrected chi connectivity index (χ3v) is 5.52. The van der Waals surface area contributed by atoms with E-state index in [2.05, 4.69) is 4.98 Å². The van der Waals surface area contributed by atoms with Crippen molar-refractivity contribution in [3.8, 4) is 0 Å². The van der Waals surface area contributed by atoms with Crippen LogP contribution in [0.2, 0.25) is 5.02 Å². The number of esters is 1. The molecule has 1 fully saturated rings. The Bertz CT molecular complexity index is 785. The Kier molecular flexibility index (Phi) is 4.64. The number of carbonyl (C=O) groups excluding carboxylic acids is 1. The molecule has 0 radical (unpaired) electrons. The minimum Gasteiger partial charge on any atom is -0.469 e. The Hall–Kier alpha value is -1.50. The number of fused-ring (bicyclic) bond motifs is 1. The lowest BCUT2D eigenvalue weighted by atomic mass is 9.66. The van der Waals surface area contributed by atoms with E-state index in [1.54, 1.807) is 0 Å². The average molecular weight is 364 g/mol. The number of aromatic nitrogens is 1. The van der Waals surface area contributed by atoms with Crippen molar-refractivity contribution in [3.05, 3.63) is 35.0 Å². The molecule has 3 rings (SSSR count). The first-order valence-corrected chi connectivity index (χ1v) is 8.71. The van der Waals surface area contributed by atoms with Crippen molar-refractivity contribution in [2.24, 2.45) is 0 Å². The summed E-state index contributed by atoms with van der Waals surface area (Å²) in [6, 6.07) is 5.64. The highest BCUT2D eigenvalue weighted by Gasteiger charge is 2.54. The second-order valence-electron chi connectivity index (χ2n) is 7.45. The van der Waals surface area contributed by atoms with Crippen molar-refractivity contribution < 1.29 is 18.8 Å². The van der Waals surface area contributed by atoms with Crippen LogP contribution in [0.4, 0.5) is 0 Å². The number of hydrogen-bond donors (Lipinski definition) is 1. The molecule has 1 unspecified atom stereocenters. The molecule has 0 bridgehead atoms. The zero-order valence-corrected chi connectivity index (χ0v) is 15.9. The molecule has 5 nitrogen and oxygen atoms in total. The van der Waals surface area contributed by atoms with Gasteiger partial charge in [0.25, 0.3) is 0 Å². The summed E-state index contributed by atoms with van der Waals surface area (Å²) < 4.78 is 17.3. The van der Waals surface area contributed by atoms with Gasteiger partial charge in [-0.3, -0.25) is 4.79 Å². The van der Waals surface area contributed by atoms with E-state index in [1.807, 2.05) is 52.1 Å². The monoisotopic (exact) mass is 363 g/mol. The second-order valence-corrected chi connectivity index (χ2v) is 7.88. The molecule has 1 atom stereocenters. The topological polar surface area (TPSA) is 60.6 Å². The number of benzene rings is 1. The molecule has 2 heterocycles. The van der Waals surface area contributed by atoms with E-state index >= 15 is 0 Å². The first kappa shape index (κ1) is 18.3. The van der Waals surface area contributed by atoms with Crippen LogP contribution in [0, 0.1) is 0 Å². The molecule has 1 saturated heterocycles. The predicted molar refractivity (Wildman–Crippen MR) is 98.8 cm³/mol. The van der Waals surface area contributed by atoms with E-state index in [9.17, 15) is 4.79 Å². The highest BCUT2D eigenvalue weighted by Crippen LogP contribution is 2.43. The van der Waals surface area contributed by atoms with E-state index in [1.165, 1.54) is 7.11 Å². The molecular weight excluding hydrogens is 340 g/mol. The lowest BCUT2D eigenvalue weighted by Crippen LogP contribution is -2.41. The van der Waals surface area contributed by atoms with Gasteiger partial charge in [0.15, 0.2) is 0 Å². The standard InChI is InChI=1S/C18H23BClNO4/c1-17(2)18(3,4)25-19(24-17)14(9-16(22)23-5)13-10-21-15-8-11(20)6-7-12(13)15/h6-8,10,14,21H,9H2,1-5H3. The van der Waals surface area contributed by atoms with E-state index in [4.69, 9.17) is 25.6 Å². The van der Waals surface area contributed by atoms with Crippen molar-refractivity contribution in [1.29, 1.82) is 0 Å². The SMILES string of the molecule is COC(=O)CC(B1OC(C)(C)C(C)(C)O1)c1c[nH]c2cc(Cl)ccc12. The Labute approximate surface area is 153 Å². The van der Waals surface area contributed by atoms with Gasteiger partial charge >= 0.3 is 13.1 Å². The smallest absolute Gasteiger partial charge is 0.466 e. The first-order valence-electron chi connectivity index (χ1n) is 8.33. The quantitative estimate of drug-likeness (QED) is 0.656. The molecule has 1 aromatic carbocycles. The summed E-state index contributed by atoms with van der Waals surface area (Å²) in [7, 11) is 0.845. The molecule has 0 spiro atoms. The Morgan fingerprint density at radius 2 is 1.92 bits per heavy atom. The van der Waals surface area contributed by atoms with Gasteiger partial charge in [-0.2, -0.15) is 0 Å². The minimum atomic E-state index is -0.543. The van der Waals surface area contributed by atoms with Gasteiger partial charge in [0.1, 0.15) is 0 Å². The zero-order chi connectivity index (χ0) is 18.4. The molecular formula is C18H23BClNO4. The van der Waals surface area contributed by atoms with Gasteiger partial charge in [0.05, 0.1) is 24.7 Å². The molecule has 1 aromatic heterocycles. The van der Waals surface area contributed by atoms with Gasteiger partial charge in [0, 0.05) is 27.9 Å². The van der Waals surface area contributed by atoms with Gasteiger partial charge in [-0.15, -0.1) is 0 Å². The van der Waals surface area contributed by atoms with Crippen LogP contribution in [0.3, 0.4) is 0 Å². The summed E-state index contributed by atoms with van der Waals surface area (Å²) in [6.45, 7) is 7.99. The van der Waals surface area contributed by atoms with Gasteiger partial charge in [-0.25, -0.2) is 0 Å². The number of H-pyrrole nitrogens is 1. The summed E-state index contributed by atoms with van der Waals surface area (Å²) in [6.07, 6.45) is 2.06. The van der Waals surface area contributed by atoms with Crippen molar-refractivity contribution in [2.45, 2.75) is 51.1 Å². The van der Waals surface area contributed by atoms with Crippen LogP contribution in [-0.4, -0.2) is 36.4 Å². The Balaban J connectivity index is 2.02. The summed E-state index contributed by atoms with van der Waals surface area (Å²) >= 11 is 6.07. The number of methoxy groups -OCH3 is 1. The van der Waals surface area contributed by atoms with Crippen LogP contribution in [0.5, 0.6) is 0 Å². The number of hydrogen-bond acceptors (Lipinski definition) is 4. The number of rotatable bonds is 4. The Morgan fingerprint density at radius 1 is 1.28 bits per heavy atom. The molecule has 25 heavy (non-hydrogen) atoms. The zero-order valence-electron chi connectivity index (χ0n) is 15.2. The molecule has 134 valence electrons. The third-order valence-electron chi connectivity index (χ3n) is 5.29. The molecule has 0 saturated carbocycles. The number of halogens is 1. The first-order chi connectivity index (χ1) is 11.6. The fraction of sp³-hybridized carbons (Fsp3) is 0.500. The van der Waals surface area contributed by atoms with Crippen LogP contribution in [0.15, 0.2) is 24.4 Å². The number of ether oxygens (including phenoxy) is 1. The van der Waals surface area contributed by atoms with Crippen LogP contribution < -0.4 is 0 Å². The molecule has 1 aliphatic rings. The number of nitrogens with one attached hydrogen (secondary N) is 1. The molecule has 1 aliphatic heterocycles. The van der Waals surface area contributed by atoms with Crippen LogP contribution in [0.25, 0.3) is 10.9 Å². The van der Waals surface area contributed by atoms with Crippen molar-refractivity contribution in [1.82, 2.24) is 4.98 Å². The van der Waals surface area contributed by atoms with Crippen LogP contribution in [-0.2, 0) is 18.8 Å². The summed E-state index contributed by atoms with van der Waals surface area (Å²) in [5, 5.41) is 1.65. The van der Waals surface area contributed by atoms with Crippen molar-refractivity contribution in [3.63, 3.8) is 0 Å². The second kappa shape index (κ2) is 6.34. The summed E-state index contributed by atoms with van der Waals surface area (Å²) in [4.78, 5) is 15.2. The molecule has 7 heteroatoms. The normalized spacial score (nSPS) is 20.0. The predicted octanol–water partition coefficient (Wildman–Crippen LogP) is 4.10. The van der Waals surface area contributed by atoms with Gasteiger partial charge in [-0.05, 0) is 45.4 Å². The molecule has 0 amide bonds. The largest absolute Gasteiger partial charge is 0.469 e. The van der Waals surface area contributed by atoms with E-state index < -0.39 is 18.3 Å². The molecule has 1 N–H and O–H groups in total. The van der Waals surface area contributed by atoms with Gasteiger partial charge < -0.3 is 19.0 Å². The Morgan fingerprint density at radius 3 is 2.52 bits per heavy atom. The average Bonchev–Trinajstić information content (AvgIpc) is 3.02. The maximum absolute atomic E-state index is 12.0. The lowest BCUT2D eigenvalue weighted by Gasteiger charge is -2.32. The van der Waals surface area contributed by atoms with E-state index in [0.717, 1.165) is 16.5 Å². The fourth-order valence-corrected chi connectivity index (χ4v) is 3.27. The van der Waals surface area contributed by atoms with Crippen molar-refractivity contribution in [2.75, 3.05) is 7.11 Å². The maximum atomic E-state index is 12.0. The molecule has 2 aromatic rings. The summed E-state index contributed by atoms with van der Waals surface area (Å²) in [5.74, 6) is -0.591. The highest BCUT2D eigenvalue weighted by atomic mass is 35.5. The van der Waals surface area contributed by atoms with Crippen LogP contribution in [0.1, 0.15) is 45.5 Å².